The predicted octanol–water partition coefficient (Wildman–Crippen LogP) is 4.93. The molecule has 0 atom stereocenters. The SMILES string of the molecule is OC(c1ccc(F)c(Cl)c1)(c1ccc(F)c(Cl)c1)c1ncc(Cl)[nH]1. The first-order valence-corrected chi connectivity index (χ1v) is 7.80. The first-order valence-electron chi connectivity index (χ1n) is 6.67. The summed E-state index contributed by atoms with van der Waals surface area (Å²) in [6.07, 6.45) is 1.30. The van der Waals surface area contributed by atoms with E-state index in [1.54, 1.807) is 0 Å². The van der Waals surface area contributed by atoms with Gasteiger partial charge in [0.05, 0.1) is 16.2 Å². The van der Waals surface area contributed by atoms with Gasteiger partial charge in [-0.2, -0.15) is 0 Å². The lowest BCUT2D eigenvalue weighted by atomic mass is 9.85. The molecule has 0 spiro atoms. The minimum absolute atomic E-state index is 0.0536. The Labute approximate surface area is 150 Å². The Morgan fingerprint density at radius 1 is 0.917 bits per heavy atom. The van der Waals surface area contributed by atoms with Gasteiger partial charge in [0, 0.05) is 0 Å². The molecule has 24 heavy (non-hydrogen) atoms. The van der Waals surface area contributed by atoms with Gasteiger partial charge in [-0.25, -0.2) is 13.8 Å². The van der Waals surface area contributed by atoms with Crippen LogP contribution in [0.5, 0.6) is 0 Å². The minimum atomic E-state index is -1.89. The molecule has 0 radical (unpaired) electrons. The maximum absolute atomic E-state index is 13.5. The van der Waals surface area contributed by atoms with Crippen LogP contribution < -0.4 is 0 Å². The van der Waals surface area contributed by atoms with Crippen LogP contribution in [-0.2, 0) is 5.60 Å². The van der Waals surface area contributed by atoms with Crippen molar-refractivity contribution in [3.8, 4) is 0 Å². The van der Waals surface area contributed by atoms with Gasteiger partial charge < -0.3 is 10.1 Å². The van der Waals surface area contributed by atoms with Crippen molar-refractivity contribution in [1.29, 1.82) is 0 Å². The lowest BCUT2D eigenvalue weighted by Crippen LogP contribution is -2.30. The fourth-order valence-corrected chi connectivity index (χ4v) is 2.86. The smallest absolute Gasteiger partial charge is 0.173 e. The van der Waals surface area contributed by atoms with Gasteiger partial charge in [-0.15, -0.1) is 0 Å². The van der Waals surface area contributed by atoms with E-state index in [-0.39, 0.29) is 32.1 Å². The summed E-state index contributed by atoms with van der Waals surface area (Å²) in [5.41, 5.74) is -1.47. The summed E-state index contributed by atoms with van der Waals surface area (Å²) in [6.45, 7) is 0. The number of halogens is 5. The van der Waals surface area contributed by atoms with Crippen LogP contribution in [0.2, 0.25) is 15.2 Å². The number of hydrogen-bond acceptors (Lipinski definition) is 2. The minimum Gasteiger partial charge on any atom is -0.373 e. The standard InChI is InChI=1S/C16H9Cl3F2N2O/c17-10-5-8(1-3-12(10)20)16(24,15-22-7-14(19)23-15)9-2-4-13(21)11(18)6-9/h1-7,24H,(H,22,23). The number of H-pyrrole nitrogens is 1. The molecule has 0 amide bonds. The zero-order valence-corrected chi connectivity index (χ0v) is 14.1. The number of nitrogens with zero attached hydrogens (tertiary/aromatic N) is 1. The molecular formula is C16H9Cl3F2N2O. The van der Waals surface area contributed by atoms with E-state index in [0.717, 1.165) is 12.1 Å². The molecule has 2 aromatic carbocycles. The number of aromatic amines is 1. The number of aromatic nitrogens is 2. The van der Waals surface area contributed by atoms with Crippen molar-refractivity contribution < 1.29 is 13.9 Å². The molecule has 0 aliphatic heterocycles. The average molecular weight is 390 g/mol. The molecule has 124 valence electrons. The van der Waals surface area contributed by atoms with E-state index >= 15 is 0 Å². The second kappa shape index (κ2) is 6.33. The Hall–Kier alpha value is -1.66. The van der Waals surface area contributed by atoms with Crippen LogP contribution in [0.15, 0.2) is 42.6 Å². The molecule has 8 heteroatoms. The van der Waals surface area contributed by atoms with Crippen LogP contribution in [0.25, 0.3) is 0 Å². The van der Waals surface area contributed by atoms with Gasteiger partial charge in [-0.05, 0) is 35.4 Å². The summed E-state index contributed by atoms with van der Waals surface area (Å²) in [4.78, 5) is 6.75. The molecule has 2 N–H and O–H groups in total. The van der Waals surface area contributed by atoms with Crippen LogP contribution in [0.3, 0.4) is 0 Å². The second-order valence-corrected chi connectivity index (χ2v) is 6.27. The second-order valence-electron chi connectivity index (χ2n) is 5.05. The first kappa shape index (κ1) is 17.2. The summed E-state index contributed by atoms with van der Waals surface area (Å²) >= 11 is 17.5. The maximum atomic E-state index is 13.5. The molecule has 1 aromatic heterocycles. The number of nitrogens with one attached hydrogen (secondary N) is 1. The zero-order valence-electron chi connectivity index (χ0n) is 11.8. The van der Waals surface area contributed by atoms with Crippen molar-refractivity contribution in [3.05, 3.63) is 86.4 Å². The molecule has 0 saturated heterocycles. The van der Waals surface area contributed by atoms with Crippen molar-refractivity contribution in [3.63, 3.8) is 0 Å². The summed E-state index contributed by atoms with van der Waals surface area (Å²) in [5, 5.41) is 11.2. The van der Waals surface area contributed by atoms with E-state index < -0.39 is 17.2 Å². The molecule has 3 aromatic rings. The quantitative estimate of drug-likeness (QED) is 0.667. The first-order chi connectivity index (χ1) is 11.3. The number of aliphatic hydroxyl groups is 1. The van der Waals surface area contributed by atoms with E-state index in [9.17, 15) is 13.9 Å². The molecule has 0 unspecified atom stereocenters. The average Bonchev–Trinajstić information content (AvgIpc) is 2.99. The van der Waals surface area contributed by atoms with Gasteiger partial charge in [0.2, 0.25) is 0 Å². The van der Waals surface area contributed by atoms with Gasteiger partial charge in [0.25, 0.3) is 0 Å². The largest absolute Gasteiger partial charge is 0.373 e. The monoisotopic (exact) mass is 388 g/mol. The topological polar surface area (TPSA) is 48.9 Å². The zero-order chi connectivity index (χ0) is 17.5. The van der Waals surface area contributed by atoms with Crippen molar-refractivity contribution >= 4 is 34.8 Å². The highest BCUT2D eigenvalue weighted by atomic mass is 35.5. The lowest BCUT2D eigenvalue weighted by Gasteiger charge is -2.27. The third-order valence-corrected chi connectivity index (χ3v) is 4.33. The molecule has 1 heterocycles. The van der Waals surface area contributed by atoms with Gasteiger partial charge in [-0.1, -0.05) is 46.9 Å². The van der Waals surface area contributed by atoms with E-state index in [1.807, 2.05) is 0 Å². The highest BCUT2D eigenvalue weighted by Gasteiger charge is 2.38. The normalized spacial score (nSPS) is 11.8. The molecule has 3 nitrogen and oxygen atoms in total. The van der Waals surface area contributed by atoms with E-state index in [0.29, 0.717) is 0 Å². The fourth-order valence-electron chi connectivity index (χ4n) is 2.37. The third kappa shape index (κ3) is 2.89. The van der Waals surface area contributed by atoms with Gasteiger partial charge in [0.15, 0.2) is 5.60 Å². The van der Waals surface area contributed by atoms with E-state index in [2.05, 4.69) is 9.97 Å². The number of rotatable bonds is 3. The highest BCUT2D eigenvalue weighted by Crippen LogP contribution is 2.38. The number of hydrogen-bond donors (Lipinski definition) is 2. The fraction of sp³-hybridized carbons (Fsp3) is 0.0625. The Morgan fingerprint density at radius 2 is 1.42 bits per heavy atom. The number of imidazole rings is 1. The lowest BCUT2D eigenvalue weighted by molar-refractivity contribution is 0.116. The van der Waals surface area contributed by atoms with Crippen LogP contribution >= 0.6 is 34.8 Å². The van der Waals surface area contributed by atoms with Gasteiger partial charge >= 0.3 is 0 Å². The van der Waals surface area contributed by atoms with Gasteiger partial charge in [-0.3, -0.25) is 0 Å². The van der Waals surface area contributed by atoms with E-state index in [1.165, 1.54) is 30.5 Å². The van der Waals surface area contributed by atoms with Crippen molar-refractivity contribution in [2.24, 2.45) is 0 Å². The summed E-state index contributed by atoms with van der Waals surface area (Å²) in [5.74, 6) is -1.23. The Balaban J connectivity index is 2.27. The van der Waals surface area contributed by atoms with E-state index in [4.69, 9.17) is 34.8 Å². The van der Waals surface area contributed by atoms with Crippen LogP contribution in [0, 0.1) is 11.6 Å². The maximum Gasteiger partial charge on any atom is 0.173 e. The van der Waals surface area contributed by atoms with Crippen molar-refractivity contribution in [1.82, 2.24) is 9.97 Å². The highest BCUT2D eigenvalue weighted by molar-refractivity contribution is 6.31. The van der Waals surface area contributed by atoms with Crippen LogP contribution in [0.4, 0.5) is 8.78 Å². The van der Waals surface area contributed by atoms with Gasteiger partial charge in [0.1, 0.15) is 22.6 Å². The predicted molar refractivity (Wildman–Crippen MR) is 88.5 cm³/mol. The summed E-state index contributed by atoms with van der Waals surface area (Å²) in [6, 6.07) is 7.41. The van der Waals surface area contributed by atoms with Crippen molar-refractivity contribution in [2.45, 2.75) is 5.60 Å². The van der Waals surface area contributed by atoms with Crippen LogP contribution in [-0.4, -0.2) is 15.1 Å². The molecule has 0 aliphatic rings. The Bertz CT molecular complexity index is 863. The Morgan fingerprint density at radius 3 is 1.79 bits per heavy atom. The van der Waals surface area contributed by atoms with Crippen LogP contribution in [0.1, 0.15) is 17.0 Å². The third-order valence-electron chi connectivity index (χ3n) is 3.56. The summed E-state index contributed by atoms with van der Waals surface area (Å²) in [7, 11) is 0. The number of benzene rings is 2. The molecule has 0 fully saturated rings. The molecule has 0 saturated carbocycles. The molecule has 0 aliphatic carbocycles. The molecule has 3 rings (SSSR count). The Kier molecular flexibility index (Phi) is 4.53. The molecule has 0 bridgehead atoms. The van der Waals surface area contributed by atoms with Crippen molar-refractivity contribution in [2.75, 3.05) is 0 Å². The summed E-state index contributed by atoms with van der Waals surface area (Å²) < 4.78 is 27.0. The molecular weight excluding hydrogens is 381 g/mol.